The fraction of sp³-hybridized carbons (Fsp3) is 0.500. The van der Waals surface area contributed by atoms with Crippen LogP contribution >= 0.6 is 7.60 Å². The van der Waals surface area contributed by atoms with Crippen LogP contribution in [0.2, 0.25) is 0 Å². The molecule has 0 saturated carbocycles. The van der Waals surface area contributed by atoms with Crippen LogP contribution in [-0.2, 0) is 9.36 Å². The molecule has 10 heavy (non-hydrogen) atoms. The van der Waals surface area contributed by atoms with E-state index in [1.807, 2.05) is 0 Å². The standard InChI is InChI=1S/C2H5O6P.Na/c3-1(4)2(5)9(6,7)8;/h2,5H,(H,3,4)(H2,6,7,8);/q;+1/p-1. The average molecular weight is 178 g/mol. The molecule has 6 nitrogen and oxygen atoms in total. The number of carbonyl (C=O) groups excluding carboxylic acids is 1. The van der Waals surface area contributed by atoms with Crippen LogP contribution in [0.3, 0.4) is 0 Å². The molecule has 0 bridgehead atoms. The van der Waals surface area contributed by atoms with Gasteiger partial charge >= 0.3 is 37.2 Å². The number of hydrogen-bond acceptors (Lipinski definition) is 4. The van der Waals surface area contributed by atoms with Crippen molar-refractivity contribution in [1.82, 2.24) is 0 Å². The SMILES string of the molecule is O=C([O-])C(O)P(=O)(O)O.[Na+]. The van der Waals surface area contributed by atoms with Gasteiger partial charge in [0.2, 0.25) is 0 Å². The van der Waals surface area contributed by atoms with Gasteiger partial charge in [-0.2, -0.15) is 0 Å². The molecule has 0 radical (unpaired) electrons. The maximum atomic E-state index is 9.80. The Kier molecular flexibility index (Phi) is 5.88. The summed E-state index contributed by atoms with van der Waals surface area (Å²) >= 11 is 0. The first kappa shape index (κ1) is 13.2. The van der Waals surface area contributed by atoms with Gasteiger partial charge in [0.1, 0.15) is 0 Å². The third-order valence-corrected chi connectivity index (χ3v) is 1.38. The van der Waals surface area contributed by atoms with E-state index in [-0.39, 0.29) is 29.6 Å². The van der Waals surface area contributed by atoms with Gasteiger partial charge in [-0.1, -0.05) is 0 Å². The summed E-state index contributed by atoms with van der Waals surface area (Å²) < 4.78 is 9.80. The van der Waals surface area contributed by atoms with Crippen LogP contribution in [-0.4, -0.2) is 26.7 Å². The Morgan fingerprint density at radius 3 is 1.80 bits per heavy atom. The first-order valence-corrected chi connectivity index (χ1v) is 3.48. The van der Waals surface area contributed by atoms with Gasteiger partial charge in [0, 0.05) is 0 Å². The number of carboxylic acids is 1. The van der Waals surface area contributed by atoms with Gasteiger partial charge in [-0.15, -0.1) is 0 Å². The molecule has 0 saturated heterocycles. The Morgan fingerprint density at radius 2 is 1.80 bits per heavy atom. The van der Waals surface area contributed by atoms with E-state index >= 15 is 0 Å². The minimum atomic E-state index is -4.92. The molecule has 0 aliphatic carbocycles. The van der Waals surface area contributed by atoms with E-state index in [1.165, 1.54) is 0 Å². The van der Waals surface area contributed by atoms with Crippen molar-refractivity contribution in [3.63, 3.8) is 0 Å². The van der Waals surface area contributed by atoms with Crippen LogP contribution in [0, 0.1) is 0 Å². The summed E-state index contributed by atoms with van der Waals surface area (Å²) in [6.45, 7) is 0. The fourth-order valence-corrected chi connectivity index (χ4v) is 0.412. The van der Waals surface area contributed by atoms with Crippen molar-refractivity contribution in [1.29, 1.82) is 0 Å². The van der Waals surface area contributed by atoms with E-state index in [1.54, 1.807) is 0 Å². The zero-order chi connectivity index (χ0) is 7.65. The normalized spacial score (nSPS) is 13.5. The van der Waals surface area contributed by atoms with Gasteiger partial charge < -0.3 is 24.8 Å². The summed E-state index contributed by atoms with van der Waals surface area (Å²) in [6.07, 6.45) is 0. The molecular formula is C2H4NaO6P. The van der Waals surface area contributed by atoms with Gasteiger partial charge in [0.05, 0.1) is 5.97 Å². The topological polar surface area (TPSA) is 118 Å². The predicted octanol–water partition coefficient (Wildman–Crippen LogP) is -5.76. The molecule has 0 spiro atoms. The smallest absolute Gasteiger partial charge is 0.547 e. The number of aliphatic hydroxyl groups is 1. The van der Waals surface area contributed by atoms with Gasteiger partial charge in [-0.05, 0) is 0 Å². The Bertz CT molecular complexity index is 161. The second-order valence-electron chi connectivity index (χ2n) is 1.28. The van der Waals surface area contributed by atoms with Crippen LogP contribution in [0.15, 0.2) is 0 Å². The first-order chi connectivity index (χ1) is 3.85. The Hall–Kier alpha value is 0.580. The van der Waals surface area contributed by atoms with Crippen LogP contribution in [0.25, 0.3) is 0 Å². The number of aliphatic carboxylic acids is 1. The van der Waals surface area contributed by atoms with Crippen molar-refractivity contribution in [3.05, 3.63) is 0 Å². The summed E-state index contributed by atoms with van der Waals surface area (Å²) in [7, 11) is -4.92. The predicted molar refractivity (Wildman–Crippen MR) is 23.1 cm³/mol. The molecule has 54 valence electrons. The third-order valence-electron chi connectivity index (χ3n) is 0.529. The monoisotopic (exact) mass is 178 g/mol. The van der Waals surface area contributed by atoms with E-state index < -0.39 is 19.4 Å². The molecule has 0 aromatic carbocycles. The van der Waals surface area contributed by atoms with Crippen molar-refractivity contribution in [2.24, 2.45) is 0 Å². The van der Waals surface area contributed by atoms with E-state index in [2.05, 4.69) is 0 Å². The quantitative estimate of drug-likeness (QED) is 0.286. The second-order valence-corrected chi connectivity index (χ2v) is 2.95. The molecule has 0 heterocycles. The van der Waals surface area contributed by atoms with Crippen molar-refractivity contribution < 1.29 is 58.9 Å². The average Bonchev–Trinajstić information content (AvgIpc) is 1.62. The zero-order valence-corrected chi connectivity index (χ0v) is 7.99. The second kappa shape index (κ2) is 4.46. The van der Waals surface area contributed by atoms with Crippen LogP contribution in [0.5, 0.6) is 0 Å². The first-order valence-electron chi connectivity index (χ1n) is 1.80. The number of carbonyl (C=O) groups is 1. The minimum absolute atomic E-state index is 0. The van der Waals surface area contributed by atoms with Crippen LogP contribution in [0.1, 0.15) is 0 Å². The van der Waals surface area contributed by atoms with Crippen LogP contribution in [0.4, 0.5) is 0 Å². The van der Waals surface area contributed by atoms with E-state index in [0.29, 0.717) is 0 Å². The molecule has 1 unspecified atom stereocenters. The molecule has 3 N–H and O–H groups in total. The molecule has 0 aliphatic rings. The zero-order valence-electron chi connectivity index (χ0n) is 5.09. The Morgan fingerprint density at radius 1 is 1.50 bits per heavy atom. The van der Waals surface area contributed by atoms with Crippen molar-refractivity contribution in [2.75, 3.05) is 0 Å². The van der Waals surface area contributed by atoms with Gasteiger partial charge in [-0.3, -0.25) is 4.57 Å². The number of aliphatic hydroxyl groups excluding tert-OH is 1. The van der Waals surface area contributed by atoms with Gasteiger partial charge in [0.25, 0.3) is 0 Å². The maximum Gasteiger partial charge on any atom is 1.00 e. The number of carboxylic acid groups (broad SMARTS) is 1. The molecule has 0 aliphatic heterocycles. The van der Waals surface area contributed by atoms with Gasteiger partial charge in [0.15, 0.2) is 5.85 Å². The largest absolute Gasteiger partial charge is 1.00 e. The summed E-state index contributed by atoms with van der Waals surface area (Å²) in [5, 5.41) is 17.5. The molecule has 0 rings (SSSR count). The van der Waals surface area contributed by atoms with E-state index in [9.17, 15) is 14.5 Å². The molecular weight excluding hydrogens is 174 g/mol. The Labute approximate surface area is 78.3 Å². The number of hydrogen-bond donors (Lipinski definition) is 3. The Balaban J connectivity index is 0. The summed E-state index contributed by atoms with van der Waals surface area (Å²) in [5.74, 6) is -4.89. The van der Waals surface area contributed by atoms with Crippen molar-refractivity contribution in [3.8, 4) is 0 Å². The molecule has 0 aromatic heterocycles. The summed E-state index contributed by atoms with van der Waals surface area (Å²) in [6, 6.07) is 0. The van der Waals surface area contributed by atoms with Crippen LogP contribution < -0.4 is 34.7 Å². The van der Waals surface area contributed by atoms with E-state index in [0.717, 1.165) is 0 Å². The molecule has 8 heteroatoms. The van der Waals surface area contributed by atoms with E-state index in [4.69, 9.17) is 14.9 Å². The van der Waals surface area contributed by atoms with Crippen molar-refractivity contribution >= 4 is 13.6 Å². The maximum absolute atomic E-state index is 9.80. The molecule has 0 aromatic rings. The third kappa shape index (κ3) is 4.40. The molecule has 0 amide bonds. The minimum Gasteiger partial charge on any atom is -0.547 e. The molecule has 0 fully saturated rings. The van der Waals surface area contributed by atoms with Crippen molar-refractivity contribution in [2.45, 2.75) is 5.85 Å². The molecule has 1 atom stereocenters. The summed E-state index contributed by atoms with van der Waals surface area (Å²) in [4.78, 5) is 25.3. The number of rotatable bonds is 2. The fourth-order valence-electron chi connectivity index (χ4n) is 0.137. The van der Waals surface area contributed by atoms with Gasteiger partial charge in [-0.25, -0.2) is 0 Å². The summed E-state index contributed by atoms with van der Waals surface area (Å²) in [5.41, 5.74) is 0.